The molecule has 2 rings (SSSR count). The average molecular weight is 333 g/mol. The molecule has 1 aliphatic rings. The summed E-state index contributed by atoms with van der Waals surface area (Å²) in [5.41, 5.74) is -3.95. The Morgan fingerprint density at radius 3 is 2.59 bits per heavy atom. The van der Waals surface area contributed by atoms with Crippen molar-refractivity contribution in [3.63, 3.8) is 0 Å². The number of likely N-dealkylation sites (tertiary alicyclic amines) is 1. The number of aliphatic hydroxyl groups is 1. The van der Waals surface area contributed by atoms with Crippen LogP contribution < -0.4 is 0 Å². The van der Waals surface area contributed by atoms with E-state index in [0.29, 0.717) is 18.5 Å². The highest BCUT2D eigenvalue weighted by Gasteiger charge is 2.31. The molecule has 1 aliphatic heterocycles. The Morgan fingerprint density at radius 1 is 1.41 bits per heavy atom. The lowest BCUT2D eigenvalue weighted by Crippen LogP contribution is -2.37. The van der Waals surface area contributed by atoms with E-state index in [9.17, 15) is 23.1 Å². The van der Waals surface area contributed by atoms with E-state index in [-0.39, 0.29) is 28.6 Å². The van der Waals surface area contributed by atoms with Gasteiger partial charge in [-0.25, -0.2) is 0 Å². The number of alkyl halides is 3. The maximum absolute atomic E-state index is 12.5. The van der Waals surface area contributed by atoms with Crippen LogP contribution in [0.5, 0.6) is 0 Å². The lowest BCUT2D eigenvalue weighted by molar-refractivity contribution is -0.0328. The number of rotatable bonds is 4. The van der Waals surface area contributed by atoms with Gasteiger partial charge in [0.1, 0.15) is 0 Å². The molecule has 1 heterocycles. The van der Waals surface area contributed by atoms with Crippen molar-refractivity contribution in [3.8, 4) is 0 Å². The highest BCUT2D eigenvalue weighted by atomic mass is 32.2. The van der Waals surface area contributed by atoms with Crippen LogP contribution in [0, 0.1) is 0 Å². The second kappa shape index (κ2) is 6.91. The summed E-state index contributed by atoms with van der Waals surface area (Å²) in [6.45, 7) is 2.30. The van der Waals surface area contributed by atoms with Gasteiger partial charge in [-0.3, -0.25) is 4.79 Å². The van der Waals surface area contributed by atoms with Crippen LogP contribution >= 0.6 is 11.8 Å². The smallest absolute Gasteiger partial charge is 0.393 e. The van der Waals surface area contributed by atoms with Crippen molar-refractivity contribution in [1.29, 1.82) is 0 Å². The predicted octanol–water partition coefficient (Wildman–Crippen LogP) is 3.67. The number of hydrogen-bond donors (Lipinski definition) is 1. The summed E-state index contributed by atoms with van der Waals surface area (Å²) in [5, 5.41) is 9.48. The van der Waals surface area contributed by atoms with Crippen LogP contribution in [-0.4, -0.2) is 40.1 Å². The van der Waals surface area contributed by atoms with Gasteiger partial charge in [0.05, 0.1) is 6.10 Å². The van der Waals surface area contributed by atoms with Crippen LogP contribution in [-0.2, 0) is 0 Å². The number of carbonyl (C=O) groups excluding carboxylic acids is 1. The van der Waals surface area contributed by atoms with E-state index in [4.69, 9.17) is 0 Å². The number of amides is 1. The minimum Gasteiger partial charge on any atom is -0.393 e. The van der Waals surface area contributed by atoms with E-state index in [1.165, 1.54) is 24.3 Å². The molecule has 2 unspecified atom stereocenters. The van der Waals surface area contributed by atoms with Crippen LogP contribution in [0.15, 0.2) is 29.2 Å². The molecule has 0 spiro atoms. The fourth-order valence-electron chi connectivity index (χ4n) is 2.71. The van der Waals surface area contributed by atoms with E-state index in [0.717, 1.165) is 12.8 Å². The molecule has 122 valence electrons. The topological polar surface area (TPSA) is 40.5 Å². The van der Waals surface area contributed by atoms with Crippen LogP contribution in [0.1, 0.15) is 36.5 Å². The number of thioether (sulfide) groups is 1. The van der Waals surface area contributed by atoms with Crippen molar-refractivity contribution in [2.75, 3.05) is 6.54 Å². The maximum atomic E-state index is 12.5. The lowest BCUT2D eigenvalue weighted by Gasteiger charge is -2.25. The summed E-state index contributed by atoms with van der Waals surface area (Å²) in [4.78, 5) is 14.2. The largest absolute Gasteiger partial charge is 0.446 e. The fourth-order valence-corrected chi connectivity index (χ4v) is 3.25. The first kappa shape index (κ1) is 17.1. The summed E-state index contributed by atoms with van der Waals surface area (Å²) in [5.74, 6) is -0.188. The standard InChI is InChI=1S/C15H18F3NO2S/c1-10(20)9-12-3-2-8-19(12)14(21)11-4-6-13(7-5-11)22-15(16,17)18/h4-7,10,12,20H,2-3,8-9H2,1H3. The summed E-state index contributed by atoms with van der Waals surface area (Å²) in [6, 6.07) is 5.47. The van der Waals surface area contributed by atoms with Crippen LogP contribution in [0.2, 0.25) is 0 Å². The highest BCUT2D eigenvalue weighted by Crippen LogP contribution is 2.36. The number of halogens is 3. The number of benzene rings is 1. The zero-order valence-corrected chi connectivity index (χ0v) is 13.0. The number of nitrogens with zero attached hydrogens (tertiary/aromatic N) is 1. The third kappa shape index (κ3) is 4.64. The fraction of sp³-hybridized carbons (Fsp3) is 0.533. The first-order chi connectivity index (χ1) is 10.3. The Morgan fingerprint density at radius 2 is 2.05 bits per heavy atom. The van der Waals surface area contributed by atoms with Crippen LogP contribution in [0.4, 0.5) is 13.2 Å². The normalized spacial score (nSPS) is 20.2. The van der Waals surface area contributed by atoms with Gasteiger partial charge >= 0.3 is 5.51 Å². The van der Waals surface area contributed by atoms with Gasteiger partial charge in [-0.1, -0.05) is 0 Å². The van der Waals surface area contributed by atoms with Crippen molar-refractivity contribution in [3.05, 3.63) is 29.8 Å². The van der Waals surface area contributed by atoms with Gasteiger partial charge in [-0.05, 0) is 62.2 Å². The van der Waals surface area contributed by atoms with Gasteiger partial charge in [0.2, 0.25) is 0 Å². The molecular weight excluding hydrogens is 315 g/mol. The van der Waals surface area contributed by atoms with Gasteiger partial charge in [0.25, 0.3) is 5.91 Å². The van der Waals surface area contributed by atoms with Gasteiger partial charge in [-0.2, -0.15) is 13.2 Å². The van der Waals surface area contributed by atoms with Crippen LogP contribution in [0.25, 0.3) is 0 Å². The molecule has 1 aromatic carbocycles. The molecule has 1 amide bonds. The molecule has 2 atom stereocenters. The van der Waals surface area contributed by atoms with Crippen molar-refractivity contribution in [2.24, 2.45) is 0 Å². The van der Waals surface area contributed by atoms with Gasteiger partial charge in [0, 0.05) is 23.0 Å². The quantitative estimate of drug-likeness (QED) is 0.855. The van der Waals surface area contributed by atoms with Gasteiger partial charge in [0.15, 0.2) is 0 Å². The Labute approximate surface area is 131 Å². The second-order valence-electron chi connectivity index (χ2n) is 5.45. The molecule has 7 heteroatoms. The molecule has 0 saturated carbocycles. The van der Waals surface area contributed by atoms with Crippen molar-refractivity contribution in [2.45, 2.75) is 48.7 Å². The van der Waals surface area contributed by atoms with Crippen molar-refractivity contribution in [1.82, 2.24) is 4.90 Å². The summed E-state index contributed by atoms with van der Waals surface area (Å²) >= 11 is -0.196. The number of aliphatic hydroxyl groups excluding tert-OH is 1. The molecule has 1 fully saturated rings. The third-order valence-corrected chi connectivity index (χ3v) is 4.33. The minimum absolute atomic E-state index is 0.00303. The number of hydrogen-bond acceptors (Lipinski definition) is 3. The molecule has 1 saturated heterocycles. The number of carbonyl (C=O) groups is 1. The van der Waals surface area contributed by atoms with Gasteiger partial charge < -0.3 is 10.0 Å². The summed E-state index contributed by atoms with van der Waals surface area (Å²) in [6.07, 6.45) is 1.77. The molecule has 1 N–H and O–H groups in total. The predicted molar refractivity (Wildman–Crippen MR) is 78.7 cm³/mol. The maximum Gasteiger partial charge on any atom is 0.446 e. The van der Waals surface area contributed by atoms with Crippen molar-refractivity contribution < 1.29 is 23.1 Å². The highest BCUT2D eigenvalue weighted by molar-refractivity contribution is 8.00. The van der Waals surface area contributed by atoms with E-state index in [1.54, 1.807) is 11.8 Å². The van der Waals surface area contributed by atoms with E-state index < -0.39 is 11.6 Å². The minimum atomic E-state index is -4.33. The Kier molecular flexibility index (Phi) is 5.39. The Hall–Kier alpha value is -1.21. The zero-order valence-electron chi connectivity index (χ0n) is 12.1. The zero-order chi connectivity index (χ0) is 16.3. The Bertz CT molecular complexity index is 517. The third-order valence-electron chi connectivity index (χ3n) is 3.59. The van der Waals surface area contributed by atoms with Gasteiger partial charge in [-0.15, -0.1) is 0 Å². The average Bonchev–Trinajstić information content (AvgIpc) is 2.84. The van der Waals surface area contributed by atoms with Crippen LogP contribution in [0.3, 0.4) is 0 Å². The SMILES string of the molecule is CC(O)CC1CCCN1C(=O)c1ccc(SC(F)(F)F)cc1. The molecule has 22 heavy (non-hydrogen) atoms. The molecule has 0 bridgehead atoms. The molecular formula is C15H18F3NO2S. The van der Waals surface area contributed by atoms with E-state index in [1.807, 2.05) is 0 Å². The molecule has 0 radical (unpaired) electrons. The monoisotopic (exact) mass is 333 g/mol. The Balaban J connectivity index is 2.06. The molecule has 0 aliphatic carbocycles. The summed E-state index contributed by atoms with van der Waals surface area (Å²) < 4.78 is 36.8. The molecule has 1 aromatic rings. The first-order valence-corrected chi connectivity index (χ1v) is 7.93. The lowest BCUT2D eigenvalue weighted by atomic mass is 10.1. The van der Waals surface area contributed by atoms with E-state index in [2.05, 4.69) is 0 Å². The van der Waals surface area contributed by atoms with E-state index >= 15 is 0 Å². The summed E-state index contributed by atoms with van der Waals surface area (Å²) in [7, 11) is 0. The molecule has 3 nitrogen and oxygen atoms in total. The van der Waals surface area contributed by atoms with Crippen molar-refractivity contribution >= 4 is 17.7 Å². The second-order valence-corrected chi connectivity index (χ2v) is 6.59. The first-order valence-electron chi connectivity index (χ1n) is 7.11. The molecule has 0 aromatic heterocycles.